The average molecular weight is 267 g/mol. The van der Waals surface area contributed by atoms with Gasteiger partial charge in [-0.25, -0.2) is 0 Å². The molecule has 0 aliphatic rings. The summed E-state index contributed by atoms with van der Waals surface area (Å²) in [4.78, 5) is 0. The summed E-state index contributed by atoms with van der Waals surface area (Å²) in [5.41, 5.74) is 2.32. The minimum atomic E-state index is -0.285. The Morgan fingerprint density at radius 2 is 1.89 bits per heavy atom. The number of aryl methyl sites for hydroxylation is 2. The van der Waals surface area contributed by atoms with Crippen LogP contribution in [0.1, 0.15) is 35.2 Å². The lowest BCUT2D eigenvalue weighted by molar-refractivity contribution is 0.258. The highest BCUT2D eigenvalue weighted by molar-refractivity contribution is 6.20. The van der Waals surface area contributed by atoms with Gasteiger partial charge in [-0.2, -0.15) is 0 Å². The molecule has 0 spiro atoms. The number of aromatic nitrogens is 2. The van der Waals surface area contributed by atoms with Crippen LogP contribution < -0.4 is 4.74 Å². The van der Waals surface area contributed by atoms with Crippen molar-refractivity contribution < 1.29 is 9.15 Å². The molecule has 0 N–H and O–H groups in total. The summed E-state index contributed by atoms with van der Waals surface area (Å²) in [6.07, 6.45) is 0. The number of nitrogens with zero attached hydrogens (tertiary/aromatic N) is 2. The van der Waals surface area contributed by atoms with E-state index < -0.39 is 0 Å². The highest BCUT2D eigenvalue weighted by Gasteiger charge is 2.11. The third-order valence-corrected chi connectivity index (χ3v) is 2.57. The Bertz CT molecular complexity index is 517. The number of hydrogen-bond donors (Lipinski definition) is 0. The number of benzene rings is 1. The van der Waals surface area contributed by atoms with Crippen LogP contribution in [0, 0.1) is 13.8 Å². The van der Waals surface area contributed by atoms with Gasteiger partial charge in [0.15, 0.2) is 6.61 Å². The summed E-state index contributed by atoms with van der Waals surface area (Å²) in [5.74, 6) is 1.64. The Labute approximate surface area is 111 Å². The van der Waals surface area contributed by atoms with Crippen LogP contribution in [0.15, 0.2) is 22.6 Å². The maximum absolute atomic E-state index is 5.84. The Morgan fingerprint density at radius 1 is 1.22 bits per heavy atom. The van der Waals surface area contributed by atoms with Gasteiger partial charge in [-0.3, -0.25) is 0 Å². The van der Waals surface area contributed by atoms with Crippen LogP contribution in [0.25, 0.3) is 0 Å². The lowest BCUT2D eigenvalue weighted by atomic mass is 10.1. The first kappa shape index (κ1) is 12.9. The predicted octanol–water partition coefficient (Wildman–Crippen LogP) is 3.57. The Morgan fingerprint density at radius 3 is 2.44 bits per heavy atom. The smallest absolute Gasteiger partial charge is 0.253 e. The van der Waals surface area contributed by atoms with Crippen LogP contribution in [0.4, 0.5) is 0 Å². The first-order valence-corrected chi connectivity index (χ1v) is 6.15. The van der Waals surface area contributed by atoms with E-state index in [4.69, 9.17) is 20.8 Å². The third-order valence-electron chi connectivity index (χ3n) is 2.38. The lowest BCUT2D eigenvalue weighted by Crippen LogP contribution is -1.96. The number of alkyl halides is 1. The zero-order valence-electron chi connectivity index (χ0n) is 10.6. The monoisotopic (exact) mass is 266 g/mol. The topological polar surface area (TPSA) is 48.2 Å². The Balaban J connectivity index is 2.02. The van der Waals surface area contributed by atoms with Crippen molar-refractivity contribution in [2.45, 2.75) is 32.8 Å². The molecule has 4 nitrogen and oxygen atoms in total. The molecule has 0 radical (unpaired) electrons. The quantitative estimate of drug-likeness (QED) is 0.794. The maximum Gasteiger partial charge on any atom is 0.253 e. The molecule has 0 amide bonds. The van der Waals surface area contributed by atoms with Gasteiger partial charge in [-0.05, 0) is 44.0 Å². The molecule has 1 aromatic heterocycles. The minimum absolute atomic E-state index is 0.250. The van der Waals surface area contributed by atoms with E-state index >= 15 is 0 Å². The molecule has 2 rings (SSSR count). The number of rotatable bonds is 4. The standard InChI is InChI=1S/C13H15ClN2O2/c1-8-4-9(2)6-11(5-8)17-7-12-15-16-13(18-12)10(3)14/h4-6,10H,7H2,1-3H3. The van der Waals surface area contributed by atoms with Crippen molar-refractivity contribution in [2.75, 3.05) is 0 Å². The van der Waals surface area contributed by atoms with Gasteiger partial charge in [0, 0.05) is 0 Å². The zero-order chi connectivity index (χ0) is 13.1. The summed E-state index contributed by atoms with van der Waals surface area (Å²) in [6, 6.07) is 6.02. The molecule has 0 saturated heterocycles. The van der Waals surface area contributed by atoms with Crippen LogP contribution in [0.5, 0.6) is 5.75 Å². The first-order chi connectivity index (χ1) is 8.54. The third kappa shape index (κ3) is 3.23. The normalized spacial score (nSPS) is 12.4. The van der Waals surface area contributed by atoms with Crippen LogP contribution in [0.2, 0.25) is 0 Å². The van der Waals surface area contributed by atoms with Crippen molar-refractivity contribution in [3.05, 3.63) is 41.1 Å². The number of ether oxygens (including phenoxy) is 1. The van der Waals surface area contributed by atoms with E-state index in [1.807, 2.05) is 26.0 Å². The molecule has 0 aliphatic carbocycles. The molecule has 5 heteroatoms. The molecular formula is C13H15ClN2O2. The summed E-state index contributed by atoms with van der Waals surface area (Å²) >= 11 is 5.84. The Hall–Kier alpha value is -1.55. The van der Waals surface area contributed by atoms with Gasteiger partial charge >= 0.3 is 0 Å². The van der Waals surface area contributed by atoms with E-state index in [-0.39, 0.29) is 12.0 Å². The van der Waals surface area contributed by atoms with Crippen molar-refractivity contribution >= 4 is 11.6 Å². The van der Waals surface area contributed by atoms with Crippen molar-refractivity contribution in [3.63, 3.8) is 0 Å². The minimum Gasteiger partial charge on any atom is -0.484 e. The molecule has 1 unspecified atom stereocenters. The van der Waals surface area contributed by atoms with Crippen molar-refractivity contribution in [3.8, 4) is 5.75 Å². The summed E-state index contributed by atoms with van der Waals surface area (Å²) in [5, 5.41) is 7.42. The van der Waals surface area contributed by atoms with E-state index in [2.05, 4.69) is 16.3 Å². The highest BCUT2D eigenvalue weighted by Crippen LogP contribution is 2.20. The Kier molecular flexibility index (Phi) is 3.87. The van der Waals surface area contributed by atoms with Crippen molar-refractivity contribution in [2.24, 2.45) is 0 Å². The molecule has 0 saturated carbocycles. The summed E-state index contributed by atoms with van der Waals surface area (Å²) in [7, 11) is 0. The molecule has 0 fully saturated rings. The fourth-order valence-corrected chi connectivity index (χ4v) is 1.74. The molecule has 1 heterocycles. The zero-order valence-corrected chi connectivity index (χ0v) is 11.4. The lowest BCUT2D eigenvalue weighted by Gasteiger charge is -2.05. The molecule has 0 aliphatic heterocycles. The molecule has 1 atom stereocenters. The van der Waals surface area contributed by atoms with E-state index in [1.165, 1.54) is 0 Å². The second-order valence-corrected chi connectivity index (χ2v) is 4.92. The second-order valence-electron chi connectivity index (χ2n) is 4.26. The molecule has 0 bridgehead atoms. The molecule has 2 aromatic rings. The van der Waals surface area contributed by atoms with Crippen LogP contribution in [0.3, 0.4) is 0 Å². The highest BCUT2D eigenvalue weighted by atomic mass is 35.5. The van der Waals surface area contributed by atoms with Gasteiger partial charge in [0.05, 0.1) is 0 Å². The van der Waals surface area contributed by atoms with E-state index in [0.717, 1.165) is 16.9 Å². The number of halogens is 1. The van der Waals surface area contributed by atoms with Gasteiger partial charge in [0.1, 0.15) is 11.1 Å². The van der Waals surface area contributed by atoms with Crippen LogP contribution in [-0.2, 0) is 6.61 Å². The summed E-state index contributed by atoms with van der Waals surface area (Å²) < 4.78 is 11.0. The van der Waals surface area contributed by atoms with Gasteiger partial charge in [-0.15, -0.1) is 21.8 Å². The maximum atomic E-state index is 5.84. The SMILES string of the molecule is Cc1cc(C)cc(OCc2nnc(C(C)Cl)o2)c1. The van der Waals surface area contributed by atoms with E-state index in [1.54, 1.807) is 6.92 Å². The average Bonchev–Trinajstić information content (AvgIpc) is 2.73. The van der Waals surface area contributed by atoms with E-state index in [0.29, 0.717) is 11.8 Å². The van der Waals surface area contributed by atoms with Crippen molar-refractivity contribution in [1.29, 1.82) is 0 Å². The van der Waals surface area contributed by atoms with Gasteiger partial charge in [0.2, 0.25) is 5.89 Å². The molecular weight excluding hydrogens is 252 g/mol. The first-order valence-electron chi connectivity index (χ1n) is 5.72. The fraction of sp³-hybridized carbons (Fsp3) is 0.385. The summed E-state index contributed by atoms with van der Waals surface area (Å²) in [6.45, 7) is 6.09. The van der Waals surface area contributed by atoms with Crippen LogP contribution >= 0.6 is 11.6 Å². The van der Waals surface area contributed by atoms with Gasteiger partial charge in [0.25, 0.3) is 5.89 Å². The molecule has 96 valence electrons. The van der Waals surface area contributed by atoms with Gasteiger partial charge in [-0.1, -0.05) is 6.07 Å². The van der Waals surface area contributed by atoms with Gasteiger partial charge < -0.3 is 9.15 Å². The number of hydrogen-bond acceptors (Lipinski definition) is 4. The van der Waals surface area contributed by atoms with Crippen LogP contribution in [-0.4, -0.2) is 10.2 Å². The molecule has 18 heavy (non-hydrogen) atoms. The van der Waals surface area contributed by atoms with Crippen molar-refractivity contribution in [1.82, 2.24) is 10.2 Å². The molecule has 1 aromatic carbocycles. The fourth-order valence-electron chi connectivity index (χ4n) is 1.65. The predicted molar refractivity (Wildman–Crippen MR) is 68.8 cm³/mol. The van der Waals surface area contributed by atoms with E-state index in [9.17, 15) is 0 Å². The second kappa shape index (κ2) is 5.40. The largest absolute Gasteiger partial charge is 0.484 e.